The molecule has 1 aromatic rings. The summed E-state index contributed by atoms with van der Waals surface area (Å²) in [5.41, 5.74) is 6.06. The van der Waals surface area contributed by atoms with Crippen LogP contribution in [0.5, 0.6) is 0 Å². The van der Waals surface area contributed by atoms with E-state index in [4.69, 9.17) is 5.73 Å². The second-order valence-electron chi connectivity index (χ2n) is 3.24. The Balaban J connectivity index is 2.49. The van der Waals surface area contributed by atoms with Crippen LogP contribution in [0.25, 0.3) is 0 Å². The maximum Gasteiger partial charge on any atom is 0.250 e. The first-order chi connectivity index (χ1) is 6.74. The lowest BCUT2D eigenvalue weighted by Crippen LogP contribution is -2.18. The lowest BCUT2D eigenvalue weighted by molar-refractivity contribution is 0.446. The molecule has 0 saturated carbocycles. The highest BCUT2D eigenvalue weighted by atomic mass is 19.1. The van der Waals surface area contributed by atoms with Crippen molar-refractivity contribution in [3.8, 4) is 0 Å². The zero-order valence-electron chi connectivity index (χ0n) is 8.08. The van der Waals surface area contributed by atoms with Gasteiger partial charge in [0.1, 0.15) is 0 Å². The molecule has 78 valence electrons. The maximum atomic E-state index is 11.8. The van der Waals surface area contributed by atoms with Crippen molar-refractivity contribution < 1.29 is 4.39 Å². The number of pyridine rings is 1. The fraction of sp³-hybridized carbons (Fsp3) is 0.500. The molecule has 0 aliphatic rings. The topological polar surface area (TPSA) is 48.0 Å². The van der Waals surface area contributed by atoms with E-state index in [1.807, 2.05) is 0 Å². The number of rotatable bonds is 5. The first kappa shape index (κ1) is 10.8. The predicted molar refractivity (Wildman–Crippen MR) is 54.9 cm³/mol. The van der Waals surface area contributed by atoms with Crippen molar-refractivity contribution in [1.29, 1.82) is 0 Å². The van der Waals surface area contributed by atoms with E-state index in [9.17, 15) is 9.18 Å². The van der Waals surface area contributed by atoms with E-state index >= 15 is 0 Å². The highest BCUT2D eigenvalue weighted by Crippen LogP contribution is 2.00. The highest BCUT2D eigenvalue weighted by molar-refractivity contribution is 5.33. The van der Waals surface area contributed by atoms with Crippen LogP contribution in [0.3, 0.4) is 0 Å². The number of anilines is 1. The standard InChI is InChI=1S/C10H15FN2O/c11-6-2-1-3-7-13-8-9(12)4-5-10(13)14/h4-5,8H,1-3,6-7,12H2. The molecule has 14 heavy (non-hydrogen) atoms. The first-order valence-electron chi connectivity index (χ1n) is 4.76. The molecule has 4 heteroatoms. The minimum Gasteiger partial charge on any atom is -0.398 e. The number of hydrogen-bond acceptors (Lipinski definition) is 2. The summed E-state index contributed by atoms with van der Waals surface area (Å²) >= 11 is 0. The van der Waals surface area contributed by atoms with Gasteiger partial charge in [0.2, 0.25) is 0 Å². The molecule has 2 N–H and O–H groups in total. The number of aromatic nitrogens is 1. The summed E-state index contributed by atoms with van der Waals surface area (Å²) < 4.78 is 13.3. The lowest BCUT2D eigenvalue weighted by Gasteiger charge is -2.05. The van der Waals surface area contributed by atoms with Gasteiger partial charge in [-0.2, -0.15) is 0 Å². The zero-order valence-corrected chi connectivity index (χ0v) is 8.08. The molecule has 0 amide bonds. The molecule has 1 aromatic heterocycles. The monoisotopic (exact) mass is 198 g/mol. The van der Waals surface area contributed by atoms with Crippen LogP contribution in [0.4, 0.5) is 10.1 Å². The maximum absolute atomic E-state index is 11.8. The van der Waals surface area contributed by atoms with Crippen molar-refractivity contribution in [1.82, 2.24) is 4.57 Å². The van der Waals surface area contributed by atoms with Gasteiger partial charge in [0.15, 0.2) is 0 Å². The summed E-state index contributed by atoms with van der Waals surface area (Å²) in [4.78, 5) is 11.3. The average molecular weight is 198 g/mol. The van der Waals surface area contributed by atoms with Crippen LogP contribution in [0.1, 0.15) is 19.3 Å². The van der Waals surface area contributed by atoms with E-state index in [1.54, 1.807) is 16.8 Å². The van der Waals surface area contributed by atoms with E-state index in [0.29, 0.717) is 18.7 Å². The van der Waals surface area contributed by atoms with Gasteiger partial charge in [-0.25, -0.2) is 0 Å². The van der Waals surface area contributed by atoms with Gasteiger partial charge in [-0.3, -0.25) is 9.18 Å². The summed E-state index contributed by atoms with van der Waals surface area (Å²) in [7, 11) is 0. The molecule has 3 nitrogen and oxygen atoms in total. The molecule has 0 radical (unpaired) electrons. The van der Waals surface area contributed by atoms with E-state index < -0.39 is 0 Å². The molecular formula is C10H15FN2O. The summed E-state index contributed by atoms with van der Waals surface area (Å²) in [5, 5.41) is 0. The smallest absolute Gasteiger partial charge is 0.250 e. The normalized spacial score (nSPS) is 10.4. The van der Waals surface area contributed by atoms with Crippen LogP contribution in [0.15, 0.2) is 23.1 Å². The summed E-state index contributed by atoms with van der Waals surface area (Å²) in [6, 6.07) is 3.03. The van der Waals surface area contributed by atoms with E-state index in [-0.39, 0.29) is 12.2 Å². The SMILES string of the molecule is Nc1ccc(=O)n(CCCCCF)c1. The molecule has 0 atom stereocenters. The minimum absolute atomic E-state index is 0.0561. The summed E-state index contributed by atoms with van der Waals surface area (Å²) in [5.74, 6) is 0. The van der Waals surface area contributed by atoms with Gasteiger partial charge in [0.25, 0.3) is 5.56 Å². The van der Waals surface area contributed by atoms with Crippen molar-refractivity contribution in [3.05, 3.63) is 28.7 Å². The quantitative estimate of drug-likeness (QED) is 0.730. The third kappa shape index (κ3) is 3.20. The molecular weight excluding hydrogens is 183 g/mol. The molecule has 0 aromatic carbocycles. The van der Waals surface area contributed by atoms with Gasteiger partial charge in [-0.1, -0.05) is 0 Å². The Hall–Kier alpha value is -1.32. The number of nitrogens with zero attached hydrogens (tertiary/aromatic N) is 1. The molecule has 0 aliphatic carbocycles. The van der Waals surface area contributed by atoms with E-state index in [2.05, 4.69) is 0 Å². The van der Waals surface area contributed by atoms with Crippen molar-refractivity contribution in [2.45, 2.75) is 25.8 Å². The van der Waals surface area contributed by atoms with Gasteiger partial charge < -0.3 is 10.3 Å². The number of aryl methyl sites for hydroxylation is 1. The molecule has 0 saturated heterocycles. The zero-order chi connectivity index (χ0) is 10.4. The Kier molecular flexibility index (Phi) is 4.16. The Morgan fingerprint density at radius 1 is 1.29 bits per heavy atom. The van der Waals surface area contributed by atoms with Crippen LogP contribution in [0.2, 0.25) is 0 Å². The van der Waals surface area contributed by atoms with E-state index in [1.165, 1.54) is 6.07 Å². The summed E-state index contributed by atoms with van der Waals surface area (Å²) in [6.07, 6.45) is 3.81. The van der Waals surface area contributed by atoms with Crippen LogP contribution < -0.4 is 11.3 Å². The molecule has 0 spiro atoms. The average Bonchev–Trinajstić information content (AvgIpc) is 2.18. The van der Waals surface area contributed by atoms with Crippen LogP contribution in [-0.4, -0.2) is 11.2 Å². The van der Waals surface area contributed by atoms with Crippen LogP contribution in [0, 0.1) is 0 Å². The van der Waals surface area contributed by atoms with Crippen molar-refractivity contribution in [3.63, 3.8) is 0 Å². The van der Waals surface area contributed by atoms with Gasteiger partial charge in [0.05, 0.1) is 6.67 Å². The predicted octanol–water partition coefficient (Wildman–Crippen LogP) is 1.57. The first-order valence-corrected chi connectivity index (χ1v) is 4.76. The van der Waals surface area contributed by atoms with Gasteiger partial charge in [-0.15, -0.1) is 0 Å². The highest BCUT2D eigenvalue weighted by Gasteiger charge is 1.96. The second-order valence-corrected chi connectivity index (χ2v) is 3.24. The molecule has 0 aliphatic heterocycles. The Bertz CT molecular complexity index is 335. The largest absolute Gasteiger partial charge is 0.398 e. The fourth-order valence-corrected chi connectivity index (χ4v) is 1.28. The third-order valence-corrected chi connectivity index (χ3v) is 2.04. The molecule has 0 unspecified atom stereocenters. The minimum atomic E-state index is -0.286. The molecule has 1 heterocycles. The number of halogens is 1. The van der Waals surface area contributed by atoms with Crippen LogP contribution >= 0.6 is 0 Å². The number of unbranched alkanes of at least 4 members (excludes halogenated alkanes) is 2. The van der Waals surface area contributed by atoms with Crippen molar-refractivity contribution in [2.24, 2.45) is 0 Å². The fourth-order valence-electron chi connectivity index (χ4n) is 1.28. The number of alkyl halides is 1. The lowest BCUT2D eigenvalue weighted by atomic mass is 10.2. The Morgan fingerprint density at radius 3 is 2.79 bits per heavy atom. The van der Waals surface area contributed by atoms with Crippen molar-refractivity contribution in [2.75, 3.05) is 12.4 Å². The van der Waals surface area contributed by atoms with Gasteiger partial charge >= 0.3 is 0 Å². The molecule has 0 bridgehead atoms. The van der Waals surface area contributed by atoms with Gasteiger partial charge in [0, 0.05) is 24.5 Å². The third-order valence-electron chi connectivity index (χ3n) is 2.04. The Morgan fingerprint density at radius 2 is 2.07 bits per heavy atom. The summed E-state index contributed by atoms with van der Waals surface area (Å²) in [6.45, 7) is 0.329. The molecule has 0 fully saturated rings. The number of hydrogen-bond donors (Lipinski definition) is 1. The van der Waals surface area contributed by atoms with E-state index in [0.717, 1.165) is 12.8 Å². The van der Waals surface area contributed by atoms with Crippen molar-refractivity contribution >= 4 is 5.69 Å². The van der Waals surface area contributed by atoms with Crippen LogP contribution in [-0.2, 0) is 6.54 Å². The Labute approximate surface area is 82.4 Å². The number of nitrogen functional groups attached to an aromatic ring is 1. The second kappa shape index (κ2) is 5.42. The number of nitrogens with two attached hydrogens (primary N) is 1. The van der Waals surface area contributed by atoms with Gasteiger partial charge in [-0.05, 0) is 25.3 Å². The molecule has 1 rings (SSSR count).